The monoisotopic (exact) mass is 334 g/mol. The maximum atomic E-state index is 13.4. The smallest absolute Gasteiger partial charge is 0.317 e. The van der Waals surface area contributed by atoms with Gasteiger partial charge < -0.3 is 9.63 Å². The average Bonchev–Trinajstić information content (AvgIpc) is 2.95. The number of halogens is 1. The van der Waals surface area contributed by atoms with Gasteiger partial charge in [0.2, 0.25) is 0 Å². The van der Waals surface area contributed by atoms with Gasteiger partial charge in [0.1, 0.15) is 11.6 Å². The molecule has 1 fully saturated rings. The van der Waals surface area contributed by atoms with Gasteiger partial charge in [-0.05, 0) is 43.5 Å². The molecule has 1 aliphatic heterocycles. The molecule has 6 nitrogen and oxygen atoms in total. The third-order valence-corrected chi connectivity index (χ3v) is 4.48. The quantitative estimate of drug-likeness (QED) is 0.873. The molecule has 0 radical (unpaired) electrons. The Morgan fingerprint density at radius 2 is 2.25 bits per heavy atom. The summed E-state index contributed by atoms with van der Waals surface area (Å²) in [5, 5.41) is 11.4. The molecule has 1 aromatic carbocycles. The van der Waals surface area contributed by atoms with Crippen LogP contribution in [0.1, 0.15) is 30.1 Å². The minimum atomic E-state index is -0.883. The molecule has 0 bridgehead atoms. The van der Waals surface area contributed by atoms with Gasteiger partial charge in [0.25, 0.3) is 5.56 Å². The van der Waals surface area contributed by atoms with E-state index in [9.17, 15) is 14.0 Å². The summed E-state index contributed by atoms with van der Waals surface area (Å²) in [5.74, 6) is -0.543. The van der Waals surface area contributed by atoms with Crippen molar-refractivity contribution in [3.8, 4) is 0 Å². The third kappa shape index (κ3) is 3.91. The molecule has 1 aliphatic rings. The van der Waals surface area contributed by atoms with Crippen molar-refractivity contribution in [1.82, 2.24) is 10.1 Å². The normalized spacial score (nSPS) is 21.7. The molecule has 1 saturated heterocycles. The van der Waals surface area contributed by atoms with Gasteiger partial charge in [0.15, 0.2) is 0 Å². The summed E-state index contributed by atoms with van der Waals surface area (Å²) in [7, 11) is 0. The van der Waals surface area contributed by atoms with Crippen molar-refractivity contribution in [1.29, 1.82) is 0 Å². The molecule has 2 heterocycles. The van der Waals surface area contributed by atoms with Crippen LogP contribution in [0, 0.1) is 5.82 Å². The van der Waals surface area contributed by atoms with Gasteiger partial charge in [-0.3, -0.25) is 14.5 Å². The van der Waals surface area contributed by atoms with Crippen molar-refractivity contribution in [2.45, 2.75) is 31.2 Å². The van der Waals surface area contributed by atoms with Crippen LogP contribution in [0.4, 0.5) is 4.39 Å². The number of nitrogens with zero attached hydrogens (tertiary/aromatic N) is 1. The number of rotatable bonds is 5. The minimum Gasteiger partial charge on any atom is -0.480 e. The number of carboxylic acid groups (broad SMARTS) is 1. The highest BCUT2D eigenvalue weighted by molar-refractivity contribution is 5.69. The second-order valence-electron chi connectivity index (χ2n) is 6.19. The second kappa shape index (κ2) is 7.00. The van der Waals surface area contributed by atoms with Gasteiger partial charge in [-0.15, -0.1) is 0 Å². The maximum absolute atomic E-state index is 13.4. The van der Waals surface area contributed by atoms with Gasteiger partial charge in [0, 0.05) is 18.0 Å². The van der Waals surface area contributed by atoms with Crippen LogP contribution in [0.5, 0.6) is 0 Å². The minimum absolute atomic E-state index is 0.0487. The van der Waals surface area contributed by atoms with E-state index in [0.717, 1.165) is 5.56 Å². The van der Waals surface area contributed by atoms with Crippen molar-refractivity contribution >= 4 is 5.97 Å². The highest BCUT2D eigenvalue weighted by Crippen LogP contribution is 2.32. The summed E-state index contributed by atoms with van der Waals surface area (Å²) >= 11 is 0. The van der Waals surface area contributed by atoms with E-state index in [1.807, 2.05) is 11.0 Å². The Bertz CT molecular complexity index is 770. The summed E-state index contributed by atoms with van der Waals surface area (Å²) in [6, 6.07) is 7.73. The van der Waals surface area contributed by atoms with Gasteiger partial charge in [-0.25, -0.2) is 4.39 Å². The van der Waals surface area contributed by atoms with Crippen molar-refractivity contribution in [3.05, 3.63) is 57.8 Å². The topological polar surface area (TPSA) is 86.5 Å². The van der Waals surface area contributed by atoms with Gasteiger partial charge >= 0.3 is 5.97 Å². The van der Waals surface area contributed by atoms with Gasteiger partial charge in [-0.1, -0.05) is 12.1 Å². The predicted molar refractivity (Wildman–Crippen MR) is 84.4 cm³/mol. The van der Waals surface area contributed by atoms with E-state index in [1.165, 1.54) is 18.2 Å². The number of piperidine rings is 1. The summed E-state index contributed by atoms with van der Waals surface area (Å²) in [6.07, 6.45) is 1.93. The Morgan fingerprint density at radius 1 is 1.42 bits per heavy atom. The Balaban J connectivity index is 1.78. The molecule has 2 N–H and O–H groups in total. The number of carbonyl (C=O) groups is 1. The van der Waals surface area contributed by atoms with Crippen LogP contribution in [0.15, 0.2) is 39.6 Å². The molecular formula is C17H19FN2O4. The Morgan fingerprint density at radius 3 is 2.92 bits per heavy atom. The number of H-pyrrole nitrogens is 1. The first kappa shape index (κ1) is 16.4. The summed E-state index contributed by atoms with van der Waals surface area (Å²) in [5.41, 5.74) is 0.547. The lowest BCUT2D eigenvalue weighted by atomic mass is 9.86. The number of likely N-dealkylation sites (tertiary alicyclic amines) is 1. The van der Waals surface area contributed by atoms with Crippen LogP contribution < -0.4 is 5.56 Å². The van der Waals surface area contributed by atoms with Crippen LogP contribution in [0.3, 0.4) is 0 Å². The SMILES string of the molecule is O=C(O)CN1CCC(c2cc(=O)[nH]o2)CC1Cc1cccc(F)c1. The fourth-order valence-corrected chi connectivity index (χ4v) is 3.39. The molecule has 0 spiro atoms. The van der Waals surface area contributed by atoms with E-state index >= 15 is 0 Å². The molecule has 3 rings (SSSR count). The zero-order valence-electron chi connectivity index (χ0n) is 13.1. The number of aliphatic carboxylic acids is 1. The van der Waals surface area contributed by atoms with Gasteiger partial charge in [-0.2, -0.15) is 5.16 Å². The lowest BCUT2D eigenvalue weighted by Gasteiger charge is -2.38. The molecule has 128 valence electrons. The first-order chi connectivity index (χ1) is 11.5. The maximum Gasteiger partial charge on any atom is 0.317 e. The van der Waals surface area contributed by atoms with Crippen LogP contribution >= 0.6 is 0 Å². The number of nitrogens with one attached hydrogen (secondary N) is 1. The Kier molecular flexibility index (Phi) is 4.80. The molecule has 0 amide bonds. The van der Waals surface area contributed by atoms with Crippen molar-refractivity contribution in [3.63, 3.8) is 0 Å². The molecule has 2 unspecified atom stereocenters. The van der Waals surface area contributed by atoms with Gasteiger partial charge in [0.05, 0.1) is 6.54 Å². The molecule has 0 saturated carbocycles. The largest absolute Gasteiger partial charge is 0.480 e. The molecule has 7 heteroatoms. The van der Waals surface area contributed by atoms with E-state index in [1.54, 1.807) is 6.07 Å². The standard InChI is InChI=1S/C17H19FN2O4/c18-13-3-1-2-11(6-13)7-14-8-12(15-9-16(21)19-24-15)4-5-20(14)10-17(22)23/h1-3,6,9,12,14H,4-5,7-8,10H2,(H,19,21)(H,22,23). The van der Waals surface area contributed by atoms with E-state index in [0.29, 0.717) is 31.6 Å². The predicted octanol–water partition coefficient (Wildman–Crippen LogP) is 1.98. The number of aromatic amines is 1. The highest BCUT2D eigenvalue weighted by atomic mass is 19.1. The zero-order valence-corrected chi connectivity index (χ0v) is 13.1. The molecule has 2 atom stereocenters. The van der Waals surface area contributed by atoms with E-state index in [2.05, 4.69) is 5.16 Å². The lowest BCUT2D eigenvalue weighted by Crippen LogP contribution is -2.45. The fraction of sp³-hybridized carbons (Fsp3) is 0.412. The van der Waals surface area contributed by atoms with E-state index in [4.69, 9.17) is 9.63 Å². The number of benzene rings is 1. The van der Waals surface area contributed by atoms with Crippen molar-refractivity contribution < 1.29 is 18.8 Å². The first-order valence-corrected chi connectivity index (χ1v) is 7.90. The fourth-order valence-electron chi connectivity index (χ4n) is 3.39. The molecule has 2 aromatic rings. The Labute approximate surface area is 137 Å². The molecule has 0 aliphatic carbocycles. The number of hydrogen-bond acceptors (Lipinski definition) is 4. The highest BCUT2D eigenvalue weighted by Gasteiger charge is 2.32. The summed E-state index contributed by atoms with van der Waals surface area (Å²) in [6.45, 7) is 0.537. The summed E-state index contributed by atoms with van der Waals surface area (Å²) < 4.78 is 18.6. The zero-order chi connectivity index (χ0) is 17.1. The lowest BCUT2D eigenvalue weighted by molar-refractivity contribution is -0.139. The van der Waals surface area contributed by atoms with Crippen molar-refractivity contribution in [2.75, 3.05) is 13.1 Å². The van der Waals surface area contributed by atoms with Crippen LogP contribution in [0.2, 0.25) is 0 Å². The summed E-state index contributed by atoms with van der Waals surface area (Å²) in [4.78, 5) is 24.3. The van der Waals surface area contributed by atoms with E-state index in [-0.39, 0.29) is 29.9 Å². The van der Waals surface area contributed by atoms with Crippen molar-refractivity contribution in [2.24, 2.45) is 0 Å². The third-order valence-electron chi connectivity index (χ3n) is 4.48. The van der Waals surface area contributed by atoms with Crippen LogP contribution in [-0.2, 0) is 11.2 Å². The molecule has 1 aromatic heterocycles. The van der Waals surface area contributed by atoms with Crippen LogP contribution in [0.25, 0.3) is 0 Å². The number of carboxylic acids is 1. The Hall–Kier alpha value is -2.41. The first-order valence-electron chi connectivity index (χ1n) is 7.90. The average molecular weight is 334 g/mol. The van der Waals surface area contributed by atoms with E-state index < -0.39 is 5.97 Å². The molecular weight excluding hydrogens is 315 g/mol. The molecule has 24 heavy (non-hydrogen) atoms. The number of hydrogen-bond donors (Lipinski definition) is 2. The van der Waals surface area contributed by atoms with Crippen LogP contribution in [-0.4, -0.2) is 40.3 Å². The number of aromatic nitrogens is 1. The second-order valence-corrected chi connectivity index (χ2v) is 6.19.